The number of halogens is 1. The Balaban J connectivity index is 2.03. The molecule has 0 saturated carbocycles. The van der Waals surface area contributed by atoms with E-state index < -0.39 is 23.2 Å². The van der Waals surface area contributed by atoms with Gasteiger partial charge in [-0.1, -0.05) is 0 Å². The van der Waals surface area contributed by atoms with Crippen molar-refractivity contribution >= 4 is 22.7 Å². The zero-order valence-corrected chi connectivity index (χ0v) is 12.7. The molecule has 24 heavy (non-hydrogen) atoms. The first-order valence-corrected chi connectivity index (χ1v) is 7.53. The molecule has 2 amide bonds. The maximum Gasteiger partial charge on any atom is 0.260 e. The minimum absolute atomic E-state index is 0.0704. The number of aromatic nitrogens is 1. The molecule has 1 aromatic carbocycles. The first kappa shape index (κ1) is 16.1. The number of piperazine rings is 1. The third kappa shape index (κ3) is 2.76. The second-order valence-electron chi connectivity index (χ2n) is 5.54. The van der Waals surface area contributed by atoms with Gasteiger partial charge in [-0.05, 0) is 24.6 Å². The predicted molar refractivity (Wildman–Crippen MR) is 84.1 cm³/mol. The number of carbonyl (C=O) groups excluding carboxylic acids is 2. The van der Waals surface area contributed by atoms with Crippen LogP contribution in [0.3, 0.4) is 0 Å². The number of nitrogens with one attached hydrogen (secondary N) is 2. The highest BCUT2D eigenvalue weighted by Crippen LogP contribution is 2.15. The molecule has 1 atom stereocenters. The van der Waals surface area contributed by atoms with Crippen molar-refractivity contribution in [2.24, 2.45) is 0 Å². The van der Waals surface area contributed by atoms with Crippen LogP contribution >= 0.6 is 0 Å². The molecule has 0 aliphatic carbocycles. The average molecular weight is 333 g/mol. The molecule has 0 unspecified atom stereocenters. The predicted octanol–water partition coefficient (Wildman–Crippen LogP) is -0.00980. The first-order valence-electron chi connectivity index (χ1n) is 7.53. The summed E-state index contributed by atoms with van der Waals surface area (Å²) in [5.41, 5.74) is -0.339. The molecule has 0 bridgehead atoms. The summed E-state index contributed by atoms with van der Waals surface area (Å²) in [7, 11) is 0. The molecular formula is C16H16FN3O4. The first-order chi connectivity index (χ1) is 11.5. The van der Waals surface area contributed by atoms with Gasteiger partial charge in [-0.3, -0.25) is 14.4 Å². The second-order valence-corrected chi connectivity index (χ2v) is 5.54. The van der Waals surface area contributed by atoms with Crippen molar-refractivity contribution in [2.75, 3.05) is 19.7 Å². The Morgan fingerprint density at radius 1 is 1.38 bits per heavy atom. The number of H-pyrrole nitrogens is 1. The molecule has 3 rings (SSSR count). The summed E-state index contributed by atoms with van der Waals surface area (Å²) in [4.78, 5) is 41.2. The van der Waals surface area contributed by atoms with Gasteiger partial charge in [0.2, 0.25) is 11.3 Å². The topological polar surface area (TPSA) is 103 Å². The molecule has 1 saturated heterocycles. The lowest BCUT2D eigenvalue weighted by atomic mass is 10.1. The number of aliphatic hydroxyl groups excluding tert-OH is 1. The number of pyridine rings is 1. The minimum Gasteiger partial charge on any atom is -0.396 e. The number of nitrogens with zero attached hydrogens (tertiary/aromatic N) is 1. The van der Waals surface area contributed by atoms with E-state index >= 15 is 0 Å². The van der Waals surface area contributed by atoms with E-state index in [1.54, 1.807) is 0 Å². The number of fused-ring (bicyclic) bond motifs is 1. The number of amides is 2. The molecule has 1 aliphatic rings. The average Bonchev–Trinajstić information content (AvgIpc) is 2.57. The molecular weight excluding hydrogens is 317 g/mol. The van der Waals surface area contributed by atoms with Crippen molar-refractivity contribution in [1.29, 1.82) is 0 Å². The van der Waals surface area contributed by atoms with Gasteiger partial charge in [-0.25, -0.2) is 4.39 Å². The summed E-state index contributed by atoms with van der Waals surface area (Å²) in [5, 5.41) is 11.8. The molecule has 0 spiro atoms. The highest BCUT2D eigenvalue weighted by Gasteiger charge is 2.34. The minimum atomic E-state index is -0.834. The van der Waals surface area contributed by atoms with E-state index in [0.717, 1.165) is 6.07 Å². The van der Waals surface area contributed by atoms with Crippen LogP contribution in [0.2, 0.25) is 0 Å². The Labute approximate surface area is 136 Å². The summed E-state index contributed by atoms with van der Waals surface area (Å²) in [6.07, 6.45) is 1.35. The molecule has 1 aliphatic heterocycles. The van der Waals surface area contributed by atoms with Crippen molar-refractivity contribution < 1.29 is 19.1 Å². The second kappa shape index (κ2) is 6.40. The summed E-state index contributed by atoms with van der Waals surface area (Å²) >= 11 is 0. The van der Waals surface area contributed by atoms with E-state index in [0.29, 0.717) is 5.52 Å². The van der Waals surface area contributed by atoms with Crippen molar-refractivity contribution in [3.63, 3.8) is 0 Å². The monoisotopic (exact) mass is 333 g/mol. The van der Waals surface area contributed by atoms with Gasteiger partial charge in [0.05, 0.1) is 0 Å². The normalized spacial score (nSPS) is 17.8. The summed E-state index contributed by atoms with van der Waals surface area (Å²) < 4.78 is 13.4. The molecule has 126 valence electrons. The van der Waals surface area contributed by atoms with Gasteiger partial charge >= 0.3 is 0 Å². The van der Waals surface area contributed by atoms with Crippen LogP contribution in [-0.2, 0) is 4.79 Å². The number of hydrogen-bond acceptors (Lipinski definition) is 4. The van der Waals surface area contributed by atoms with Crippen LogP contribution in [0.15, 0.2) is 29.2 Å². The maximum atomic E-state index is 13.4. The quantitative estimate of drug-likeness (QED) is 0.735. The third-order valence-electron chi connectivity index (χ3n) is 4.07. The number of aromatic amines is 1. The standard InChI is InChI=1S/C16H16FN3O4/c17-9-1-2-12-10(7-9)14(22)11(8-19-12)16(24)20-5-4-18-15(23)13(20)3-6-21/h1-2,7-8,13,21H,3-6H2,(H,18,23)(H,19,22)/t13-/m1/s1. The van der Waals surface area contributed by atoms with Crippen molar-refractivity contribution in [3.05, 3.63) is 46.0 Å². The van der Waals surface area contributed by atoms with Crippen LogP contribution in [0.4, 0.5) is 4.39 Å². The third-order valence-corrected chi connectivity index (χ3v) is 4.07. The van der Waals surface area contributed by atoms with Crippen LogP contribution in [0.25, 0.3) is 10.9 Å². The Morgan fingerprint density at radius 2 is 2.17 bits per heavy atom. The Morgan fingerprint density at radius 3 is 2.92 bits per heavy atom. The zero-order valence-electron chi connectivity index (χ0n) is 12.7. The Bertz CT molecular complexity index is 864. The zero-order chi connectivity index (χ0) is 17.3. The molecule has 7 nitrogen and oxygen atoms in total. The number of benzene rings is 1. The Kier molecular flexibility index (Phi) is 4.30. The lowest BCUT2D eigenvalue weighted by Gasteiger charge is -2.34. The molecule has 2 aromatic rings. The molecule has 2 heterocycles. The number of aliphatic hydroxyl groups is 1. The Hall–Kier alpha value is -2.74. The SMILES string of the molecule is O=C1NCCN(C(=O)c2c[nH]c3ccc(F)cc3c2=O)[C@@H]1CCO. The van der Waals surface area contributed by atoms with Crippen LogP contribution in [0, 0.1) is 5.82 Å². The van der Waals surface area contributed by atoms with Gasteiger partial charge in [0, 0.05) is 36.8 Å². The molecule has 8 heteroatoms. The van der Waals surface area contributed by atoms with Crippen LogP contribution in [0.1, 0.15) is 16.8 Å². The maximum absolute atomic E-state index is 13.4. The number of carbonyl (C=O) groups is 2. The summed E-state index contributed by atoms with van der Waals surface area (Å²) in [6.45, 7) is 0.240. The van der Waals surface area contributed by atoms with E-state index in [1.165, 1.54) is 23.2 Å². The lowest BCUT2D eigenvalue weighted by molar-refractivity contribution is -0.128. The lowest BCUT2D eigenvalue weighted by Crippen LogP contribution is -2.57. The fraction of sp³-hybridized carbons (Fsp3) is 0.312. The highest BCUT2D eigenvalue weighted by molar-refractivity contribution is 6.00. The fourth-order valence-electron chi connectivity index (χ4n) is 2.87. The van der Waals surface area contributed by atoms with Crippen LogP contribution in [0.5, 0.6) is 0 Å². The van der Waals surface area contributed by atoms with E-state index in [1.807, 2.05) is 0 Å². The van der Waals surface area contributed by atoms with Gasteiger partial charge < -0.3 is 20.3 Å². The van der Waals surface area contributed by atoms with E-state index in [9.17, 15) is 18.8 Å². The van der Waals surface area contributed by atoms with Crippen molar-refractivity contribution in [3.8, 4) is 0 Å². The van der Waals surface area contributed by atoms with E-state index in [2.05, 4.69) is 10.3 Å². The van der Waals surface area contributed by atoms with Gasteiger partial charge in [0.1, 0.15) is 17.4 Å². The van der Waals surface area contributed by atoms with Gasteiger partial charge in [0.15, 0.2) is 0 Å². The molecule has 1 fully saturated rings. The van der Waals surface area contributed by atoms with Gasteiger partial charge in [0.25, 0.3) is 5.91 Å². The summed E-state index contributed by atoms with van der Waals surface area (Å²) in [5.74, 6) is -1.56. The highest BCUT2D eigenvalue weighted by atomic mass is 19.1. The molecule has 3 N–H and O–H groups in total. The van der Waals surface area contributed by atoms with Gasteiger partial charge in [-0.15, -0.1) is 0 Å². The number of rotatable bonds is 3. The number of hydrogen-bond donors (Lipinski definition) is 3. The largest absolute Gasteiger partial charge is 0.396 e. The van der Waals surface area contributed by atoms with E-state index in [-0.39, 0.29) is 43.0 Å². The van der Waals surface area contributed by atoms with Crippen LogP contribution in [-0.4, -0.2) is 52.5 Å². The smallest absolute Gasteiger partial charge is 0.260 e. The fourth-order valence-corrected chi connectivity index (χ4v) is 2.87. The van der Waals surface area contributed by atoms with Gasteiger partial charge in [-0.2, -0.15) is 0 Å². The van der Waals surface area contributed by atoms with E-state index in [4.69, 9.17) is 5.11 Å². The van der Waals surface area contributed by atoms with Crippen molar-refractivity contribution in [1.82, 2.24) is 15.2 Å². The van der Waals surface area contributed by atoms with Crippen LogP contribution < -0.4 is 10.7 Å². The molecule has 1 aromatic heterocycles. The molecule has 0 radical (unpaired) electrons. The van der Waals surface area contributed by atoms with Crippen molar-refractivity contribution in [2.45, 2.75) is 12.5 Å². The summed E-state index contributed by atoms with van der Waals surface area (Å²) in [6, 6.07) is 2.87.